The fourth-order valence-electron chi connectivity index (χ4n) is 2.75. The zero-order chi connectivity index (χ0) is 15.1. The van der Waals surface area contributed by atoms with Crippen molar-refractivity contribution in [3.05, 3.63) is 41.7 Å². The van der Waals surface area contributed by atoms with Gasteiger partial charge in [-0.3, -0.25) is 4.79 Å². The Morgan fingerprint density at radius 1 is 1.18 bits per heavy atom. The highest BCUT2D eigenvalue weighted by Gasteiger charge is 2.32. The maximum atomic E-state index is 11.3. The normalized spacial score (nSPS) is 17.5. The van der Waals surface area contributed by atoms with Crippen LogP contribution in [0.15, 0.2) is 30.3 Å². The van der Waals surface area contributed by atoms with Crippen LogP contribution in [-0.2, 0) is 4.79 Å². The van der Waals surface area contributed by atoms with Crippen LogP contribution >= 0.6 is 11.6 Å². The largest absolute Gasteiger partial charge is 0.325 e. The SMILES string of the molecule is O=C(CCl)Nc1ccc(-n2nc(C3CC3)cc2C2CC2)cc1. The van der Waals surface area contributed by atoms with E-state index < -0.39 is 0 Å². The molecular weight excluding hydrogens is 298 g/mol. The van der Waals surface area contributed by atoms with Gasteiger partial charge in [-0.25, -0.2) is 4.68 Å². The van der Waals surface area contributed by atoms with Crippen LogP contribution < -0.4 is 5.32 Å². The van der Waals surface area contributed by atoms with E-state index in [2.05, 4.69) is 16.1 Å². The first-order chi connectivity index (χ1) is 10.7. The number of anilines is 1. The molecule has 0 radical (unpaired) electrons. The summed E-state index contributed by atoms with van der Waals surface area (Å²) in [6.45, 7) is 0. The number of nitrogens with zero attached hydrogens (tertiary/aromatic N) is 2. The average Bonchev–Trinajstić information content (AvgIpc) is 3.46. The van der Waals surface area contributed by atoms with Crippen molar-refractivity contribution in [3.8, 4) is 5.69 Å². The highest BCUT2D eigenvalue weighted by molar-refractivity contribution is 6.29. The number of hydrogen-bond acceptors (Lipinski definition) is 2. The number of amides is 1. The zero-order valence-electron chi connectivity index (χ0n) is 12.3. The molecule has 2 aromatic rings. The lowest BCUT2D eigenvalue weighted by Gasteiger charge is -2.08. The Kier molecular flexibility index (Phi) is 3.41. The minimum absolute atomic E-state index is 0.0303. The van der Waals surface area contributed by atoms with E-state index >= 15 is 0 Å². The minimum atomic E-state index is -0.191. The summed E-state index contributed by atoms with van der Waals surface area (Å²) in [5.41, 5.74) is 4.38. The molecule has 22 heavy (non-hydrogen) atoms. The van der Waals surface area contributed by atoms with Gasteiger partial charge >= 0.3 is 0 Å². The number of nitrogens with one attached hydrogen (secondary N) is 1. The molecule has 0 aliphatic heterocycles. The van der Waals surface area contributed by atoms with E-state index in [0.29, 0.717) is 11.8 Å². The van der Waals surface area contributed by atoms with Crippen LogP contribution in [0.3, 0.4) is 0 Å². The summed E-state index contributed by atoms with van der Waals surface area (Å²) in [6.07, 6.45) is 5.06. The van der Waals surface area contributed by atoms with Gasteiger partial charge in [-0.15, -0.1) is 11.6 Å². The predicted octanol–water partition coefficient (Wildman–Crippen LogP) is 3.80. The van der Waals surface area contributed by atoms with Gasteiger partial charge in [0, 0.05) is 23.2 Å². The summed E-state index contributed by atoms with van der Waals surface area (Å²) in [6, 6.07) is 10.1. The molecule has 4 rings (SSSR count). The Morgan fingerprint density at radius 2 is 1.86 bits per heavy atom. The van der Waals surface area contributed by atoms with Gasteiger partial charge in [0.15, 0.2) is 0 Å². The van der Waals surface area contributed by atoms with E-state index in [1.165, 1.54) is 37.1 Å². The molecule has 1 aromatic heterocycles. The van der Waals surface area contributed by atoms with Gasteiger partial charge in [-0.1, -0.05) is 0 Å². The number of carbonyl (C=O) groups excluding carboxylic acids is 1. The Bertz CT molecular complexity index is 699. The molecule has 1 N–H and O–H groups in total. The molecule has 0 bridgehead atoms. The van der Waals surface area contributed by atoms with E-state index in [0.717, 1.165) is 11.4 Å². The minimum Gasteiger partial charge on any atom is -0.325 e. The second-order valence-corrected chi connectivity index (χ2v) is 6.45. The van der Waals surface area contributed by atoms with Crippen LogP contribution in [0.5, 0.6) is 0 Å². The van der Waals surface area contributed by atoms with Crippen LogP contribution in [0.2, 0.25) is 0 Å². The summed E-state index contributed by atoms with van der Waals surface area (Å²) in [5.74, 6) is 1.11. The number of halogens is 1. The van der Waals surface area contributed by atoms with Crippen molar-refractivity contribution in [2.45, 2.75) is 37.5 Å². The van der Waals surface area contributed by atoms with Crippen LogP contribution in [0.1, 0.15) is 48.9 Å². The molecule has 2 aliphatic carbocycles. The van der Waals surface area contributed by atoms with E-state index in [1.54, 1.807) is 0 Å². The summed E-state index contributed by atoms with van der Waals surface area (Å²) >= 11 is 5.50. The highest BCUT2D eigenvalue weighted by atomic mass is 35.5. The number of alkyl halides is 1. The van der Waals surface area contributed by atoms with Crippen molar-refractivity contribution in [3.63, 3.8) is 0 Å². The first-order valence-corrected chi connectivity index (χ1v) is 8.34. The van der Waals surface area contributed by atoms with Gasteiger partial charge in [0.05, 0.1) is 11.4 Å². The van der Waals surface area contributed by atoms with Crippen LogP contribution in [0.4, 0.5) is 5.69 Å². The molecule has 5 heteroatoms. The quantitative estimate of drug-likeness (QED) is 0.853. The van der Waals surface area contributed by atoms with Crippen LogP contribution in [-0.4, -0.2) is 21.6 Å². The molecule has 0 spiro atoms. The predicted molar refractivity (Wildman–Crippen MR) is 86.9 cm³/mol. The van der Waals surface area contributed by atoms with Gasteiger partial charge < -0.3 is 5.32 Å². The third-order valence-electron chi connectivity index (χ3n) is 4.26. The van der Waals surface area contributed by atoms with Crippen molar-refractivity contribution in [2.24, 2.45) is 0 Å². The first-order valence-electron chi connectivity index (χ1n) is 7.80. The van der Waals surface area contributed by atoms with Crippen molar-refractivity contribution in [1.29, 1.82) is 0 Å². The van der Waals surface area contributed by atoms with E-state index in [1.807, 2.05) is 24.3 Å². The van der Waals surface area contributed by atoms with E-state index in [4.69, 9.17) is 16.7 Å². The standard InChI is InChI=1S/C17H18ClN3O/c18-10-17(22)19-13-5-7-14(8-6-13)21-16(12-3-4-12)9-15(20-21)11-1-2-11/h5-9,11-12H,1-4,10H2,(H,19,22). The van der Waals surface area contributed by atoms with Gasteiger partial charge in [0.2, 0.25) is 5.91 Å². The van der Waals surface area contributed by atoms with Crippen molar-refractivity contribution in [2.75, 3.05) is 11.2 Å². The molecular formula is C17H18ClN3O. The lowest BCUT2D eigenvalue weighted by Crippen LogP contribution is -2.12. The average molecular weight is 316 g/mol. The molecule has 1 amide bonds. The topological polar surface area (TPSA) is 46.9 Å². The van der Waals surface area contributed by atoms with Gasteiger partial charge in [0.1, 0.15) is 5.88 Å². The van der Waals surface area contributed by atoms with Gasteiger partial charge in [-0.05, 0) is 56.0 Å². The van der Waals surface area contributed by atoms with Crippen LogP contribution in [0, 0.1) is 0 Å². The Labute approximate surface area is 134 Å². The molecule has 1 aromatic carbocycles. The second-order valence-electron chi connectivity index (χ2n) is 6.18. The first kappa shape index (κ1) is 13.8. The van der Waals surface area contributed by atoms with Gasteiger partial charge in [-0.2, -0.15) is 5.10 Å². The number of carbonyl (C=O) groups is 1. The molecule has 2 fully saturated rings. The lowest BCUT2D eigenvalue weighted by atomic mass is 10.2. The summed E-state index contributed by atoms with van der Waals surface area (Å²) in [5, 5.41) is 7.57. The maximum Gasteiger partial charge on any atom is 0.239 e. The molecule has 2 saturated carbocycles. The number of hydrogen-bond donors (Lipinski definition) is 1. The molecule has 1 heterocycles. The summed E-state index contributed by atoms with van der Waals surface area (Å²) in [7, 11) is 0. The Balaban J connectivity index is 1.62. The molecule has 4 nitrogen and oxygen atoms in total. The smallest absolute Gasteiger partial charge is 0.239 e. The van der Waals surface area contributed by atoms with Crippen molar-refractivity contribution < 1.29 is 4.79 Å². The zero-order valence-corrected chi connectivity index (χ0v) is 13.0. The lowest BCUT2D eigenvalue weighted by molar-refractivity contribution is -0.113. The maximum absolute atomic E-state index is 11.3. The molecule has 0 saturated heterocycles. The molecule has 2 aliphatic rings. The summed E-state index contributed by atoms with van der Waals surface area (Å²) in [4.78, 5) is 11.3. The second kappa shape index (κ2) is 5.43. The monoisotopic (exact) mass is 315 g/mol. The number of benzene rings is 1. The van der Waals surface area contributed by atoms with Crippen LogP contribution in [0.25, 0.3) is 5.69 Å². The Hall–Kier alpha value is -1.81. The van der Waals surface area contributed by atoms with E-state index in [-0.39, 0.29) is 11.8 Å². The van der Waals surface area contributed by atoms with E-state index in [9.17, 15) is 4.79 Å². The fraction of sp³-hybridized carbons (Fsp3) is 0.412. The third kappa shape index (κ3) is 2.75. The van der Waals surface area contributed by atoms with Crippen molar-refractivity contribution >= 4 is 23.2 Å². The molecule has 0 atom stereocenters. The summed E-state index contributed by atoms with van der Waals surface area (Å²) < 4.78 is 2.08. The number of aromatic nitrogens is 2. The van der Waals surface area contributed by atoms with Crippen molar-refractivity contribution in [1.82, 2.24) is 9.78 Å². The number of rotatable bonds is 5. The Morgan fingerprint density at radius 3 is 2.45 bits per heavy atom. The highest BCUT2D eigenvalue weighted by Crippen LogP contribution is 2.45. The molecule has 0 unspecified atom stereocenters. The molecule has 114 valence electrons. The van der Waals surface area contributed by atoms with Gasteiger partial charge in [0.25, 0.3) is 0 Å². The third-order valence-corrected chi connectivity index (χ3v) is 4.51. The fourth-order valence-corrected chi connectivity index (χ4v) is 2.82.